The van der Waals surface area contributed by atoms with Gasteiger partial charge in [0, 0.05) is 32.8 Å². The summed E-state index contributed by atoms with van der Waals surface area (Å²) in [5.41, 5.74) is 1.18. The van der Waals surface area contributed by atoms with Gasteiger partial charge in [0.2, 0.25) is 0 Å². The Bertz CT molecular complexity index is 708. The monoisotopic (exact) mass is 514 g/mol. The van der Waals surface area contributed by atoms with Crippen molar-refractivity contribution in [1.82, 2.24) is 16.0 Å². The summed E-state index contributed by atoms with van der Waals surface area (Å²) >= 11 is 0. The molecule has 2 aromatic rings. The number of nitrogens with one attached hydrogen (secondary N) is 3. The van der Waals surface area contributed by atoms with Crippen LogP contribution >= 0.6 is 24.0 Å². The van der Waals surface area contributed by atoms with Gasteiger partial charge in [-0.15, -0.1) is 24.0 Å². The second kappa shape index (κ2) is 14.9. The molecule has 0 saturated carbocycles. The third kappa shape index (κ3) is 9.80. The summed E-state index contributed by atoms with van der Waals surface area (Å²) < 4.78 is 10.9. The highest BCUT2D eigenvalue weighted by molar-refractivity contribution is 14.0. The SMILES string of the molecule is CCNC(=NCCCOC(C)c1ccccc1)NCCNC(=O)c1ccco1.I. The number of hydrogen-bond donors (Lipinski definition) is 3. The Hall–Kier alpha value is -2.07. The van der Waals surface area contributed by atoms with Crippen LogP contribution in [0, 0.1) is 0 Å². The van der Waals surface area contributed by atoms with E-state index in [1.54, 1.807) is 12.1 Å². The van der Waals surface area contributed by atoms with Crippen molar-refractivity contribution >= 4 is 35.8 Å². The first-order valence-corrected chi connectivity index (χ1v) is 9.71. The summed E-state index contributed by atoms with van der Waals surface area (Å²) in [6.07, 6.45) is 2.39. The Morgan fingerprint density at radius 2 is 1.86 bits per heavy atom. The lowest BCUT2D eigenvalue weighted by molar-refractivity contribution is 0.0652. The number of carbonyl (C=O) groups excluding carboxylic acids is 1. The molecule has 1 aromatic heterocycles. The molecule has 1 unspecified atom stereocenters. The van der Waals surface area contributed by atoms with Crippen molar-refractivity contribution in [2.45, 2.75) is 26.4 Å². The largest absolute Gasteiger partial charge is 0.459 e. The van der Waals surface area contributed by atoms with Crippen LogP contribution in [0.1, 0.15) is 42.5 Å². The average Bonchev–Trinajstić information content (AvgIpc) is 3.26. The van der Waals surface area contributed by atoms with Crippen LogP contribution in [0.4, 0.5) is 0 Å². The van der Waals surface area contributed by atoms with Gasteiger partial charge in [-0.05, 0) is 38.0 Å². The minimum Gasteiger partial charge on any atom is -0.459 e. The zero-order valence-corrected chi connectivity index (χ0v) is 19.3. The topological polar surface area (TPSA) is 87.9 Å². The maximum Gasteiger partial charge on any atom is 0.287 e. The number of ether oxygens (including phenoxy) is 1. The number of aliphatic imine (C=N–C) groups is 1. The van der Waals surface area contributed by atoms with E-state index >= 15 is 0 Å². The van der Waals surface area contributed by atoms with Crippen molar-refractivity contribution in [3.05, 3.63) is 60.1 Å². The lowest BCUT2D eigenvalue weighted by atomic mass is 10.1. The highest BCUT2D eigenvalue weighted by atomic mass is 127. The van der Waals surface area contributed by atoms with Gasteiger partial charge in [0.25, 0.3) is 5.91 Å². The molecule has 3 N–H and O–H groups in total. The number of furan rings is 1. The maximum atomic E-state index is 11.8. The number of nitrogens with zero attached hydrogens (tertiary/aromatic N) is 1. The second-order valence-corrected chi connectivity index (χ2v) is 6.20. The van der Waals surface area contributed by atoms with E-state index in [1.165, 1.54) is 11.8 Å². The quantitative estimate of drug-likeness (QED) is 0.185. The van der Waals surface area contributed by atoms with Crippen molar-refractivity contribution < 1.29 is 13.9 Å². The summed E-state index contributed by atoms with van der Waals surface area (Å²) in [4.78, 5) is 16.3. The normalized spacial score (nSPS) is 12.0. The lowest BCUT2D eigenvalue weighted by Crippen LogP contribution is -2.41. The van der Waals surface area contributed by atoms with Gasteiger partial charge >= 0.3 is 0 Å². The van der Waals surface area contributed by atoms with E-state index in [4.69, 9.17) is 9.15 Å². The molecule has 1 atom stereocenters. The summed E-state index contributed by atoms with van der Waals surface area (Å²) in [5.74, 6) is 0.814. The molecule has 29 heavy (non-hydrogen) atoms. The van der Waals surface area contributed by atoms with Crippen molar-refractivity contribution in [3.8, 4) is 0 Å². The molecule has 0 bridgehead atoms. The first-order chi connectivity index (χ1) is 13.7. The van der Waals surface area contributed by atoms with Crippen molar-refractivity contribution in [2.24, 2.45) is 4.99 Å². The van der Waals surface area contributed by atoms with E-state index in [-0.39, 0.29) is 36.0 Å². The summed E-state index contributed by atoms with van der Waals surface area (Å²) in [5, 5.41) is 9.18. The fraction of sp³-hybridized carbons (Fsp3) is 0.429. The van der Waals surface area contributed by atoms with Gasteiger partial charge in [-0.2, -0.15) is 0 Å². The van der Waals surface area contributed by atoms with Crippen LogP contribution in [0.5, 0.6) is 0 Å². The molecule has 0 fully saturated rings. The number of hydrogen-bond acceptors (Lipinski definition) is 4. The van der Waals surface area contributed by atoms with Crippen LogP contribution in [0.25, 0.3) is 0 Å². The number of carbonyl (C=O) groups is 1. The molecule has 160 valence electrons. The van der Waals surface area contributed by atoms with Crippen LogP contribution < -0.4 is 16.0 Å². The first kappa shape index (κ1) is 25.0. The molecule has 2 rings (SSSR count). The van der Waals surface area contributed by atoms with Crippen LogP contribution in [-0.4, -0.2) is 44.7 Å². The number of rotatable bonds is 11. The molecule has 0 aliphatic rings. The van der Waals surface area contributed by atoms with E-state index in [2.05, 4.69) is 40.0 Å². The zero-order valence-electron chi connectivity index (χ0n) is 17.0. The van der Waals surface area contributed by atoms with Gasteiger partial charge in [0.1, 0.15) is 0 Å². The minimum absolute atomic E-state index is 0. The van der Waals surface area contributed by atoms with E-state index < -0.39 is 0 Å². The van der Waals surface area contributed by atoms with E-state index in [9.17, 15) is 4.79 Å². The van der Waals surface area contributed by atoms with E-state index in [0.29, 0.717) is 32.0 Å². The van der Waals surface area contributed by atoms with Gasteiger partial charge in [0.05, 0.1) is 12.4 Å². The Kier molecular flexibility index (Phi) is 12.8. The van der Waals surface area contributed by atoms with Crippen LogP contribution in [0.15, 0.2) is 58.1 Å². The van der Waals surface area contributed by atoms with Crippen LogP contribution in [0.3, 0.4) is 0 Å². The minimum atomic E-state index is -0.224. The number of benzene rings is 1. The number of amides is 1. The molecule has 7 nitrogen and oxygen atoms in total. The molecule has 0 aliphatic heterocycles. The van der Waals surface area contributed by atoms with Crippen molar-refractivity contribution in [3.63, 3.8) is 0 Å². The third-order valence-corrected chi connectivity index (χ3v) is 4.00. The number of guanidine groups is 1. The van der Waals surface area contributed by atoms with Crippen molar-refractivity contribution in [1.29, 1.82) is 0 Å². The predicted molar refractivity (Wildman–Crippen MR) is 126 cm³/mol. The molecule has 0 aliphatic carbocycles. The van der Waals surface area contributed by atoms with Gasteiger partial charge in [-0.3, -0.25) is 9.79 Å². The highest BCUT2D eigenvalue weighted by Crippen LogP contribution is 2.15. The number of halogens is 1. The van der Waals surface area contributed by atoms with Gasteiger partial charge in [0.15, 0.2) is 11.7 Å². The van der Waals surface area contributed by atoms with Gasteiger partial charge in [-0.1, -0.05) is 30.3 Å². The lowest BCUT2D eigenvalue weighted by Gasteiger charge is -2.13. The summed E-state index contributed by atoms with van der Waals surface area (Å²) in [6.45, 7) is 7.20. The van der Waals surface area contributed by atoms with Crippen LogP contribution in [-0.2, 0) is 4.74 Å². The molecule has 1 heterocycles. The molecule has 0 spiro atoms. The van der Waals surface area contributed by atoms with Crippen molar-refractivity contribution in [2.75, 3.05) is 32.8 Å². The molecule has 0 radical (unpaired) electrons. The maximum absolute atomic E-state index is 11.8. The fourth-order valence-corrected chi connectivity index (χ4v) is 2.53. The zero-order chi connectivity index (χ0) is 20.0. The second-order valence-electron chi connectivity index (χ2n) is 6.20. The Balaban J connectivity index is 0.00000420. The van der Waals surface area contributed by atoms with E-state index in [0.717, 1.165) is 18.9 Å². The molecule has 1 aromatic carbocycles. The van der Waals surface area contributed by atoms with Crippen LogP contribution in [0.2, 0.25) is 0 Å². The summed E-state index contributed by atoms with van der Waals surface area (Å²) in [6, 6.07) is 13.5. The molecule has 8 heteroatoms. The molecule has 1 amide bonds. The Labute approximate surface area is 189 Å². The molecular formula is C21H31IN4O3. The standard InChI is InChI=1S/C21H30N4O3.HI/c1-3-22-21(25-14-13-23-20(26)19-11-7-15-28-19)24-12-8-16-27-17(2)18-9-5-4-6-10-18;/h4-7,9-11,15,17H,3,8,12-14,16H2,1-2H3,(H,23,26)(H2,22,24,25);1H. The average molecular weight is 514 g/mol. The molecular weight excluding hydrogens is 483 g/mol. The Morgan fingerprint density at radius 1 is 1.10 bits per heavy atom. The van der Waals surface area contributed by atoms with Gasteiger partial charge < -0.3 is 25.1 Å². The first-order valence-electron chi connectivity index (χ1n) is 9.71. The smallest absolute Gasteiger partial charge is 0.287 e. The molecule has 0 saturated heterocycles. The van der Waals surface area contributed by atoms with Gasteiger partial charge in [-0.25, -0.2) is 0 Å². The Morgan fingerprint density at radius 3 is 2.55 bits per heavy atom. The fourth-order valence-electron chi connectivity index (χ4n) is 2.53. The van der Waals surface area contributed by atoms with E-state index in [1.807, 2.05) is 25.1 Å². The summed E-state index contributed by atoms with van der Waals surface area (Å²) in [7, 11) is 0. The third-order valence-electron chi connectivity index (χ3n) is 4.00. The highest BCUT2D eigenvalue weighted by Gasteiger charge is 2.07. The predicted octanol–water partition coefficient (Wildman–Crippen LogP) is 3.35.